The van der Waals surface area contributed by atoms with E-state index >= 15 is 0 Å². The Morgan fingerprint density at radius 2 is 1.81 bits per heavy atom. The lowest BCUT2D eigenvalue weighted by molar-refractivity contribution is -0.129. The number of carbonyl (C=O) groups is 2. The van der Waals surface area contributed by atoms with Crippen molar-refractivity contribution in [3.63, 3.8) is 0 Å². The third-order valence-electron chi connectivity index (χ3n) is 3.69. The number of carbonyl (C=O) groups excluding carboxylic acids is 2. The standard InChI is InChI=1S/C21H21N3O3/c1-16-3-8-18(9-4-16)23-20(25)15-24(2)21(26)12-7-17-5-10-19(11-6-17)27-14-13-22/h3-12H,14-15H2,1-2H3,(H,23,25)/b12-7+. The molecule has 0 heterocycles. The van der Waals surface area contributed by atoms with Crippen molar-refractivity contribution in [2.24, 2.45) is 0 Å². The Labute approximate surface area is 158 Å². The van der Waals surface area contributed by atoms with E-state index in [-0.39, 0.29) is 25.0 Å². The Balaban J connectivity index is 1.85. The molecule has 0 spiro atoms. The number of anilines is 1. The molecule has 0 saturated heterocycles. The van der Waals surface area contributed by atoms with E-state index in [4.69, 9.17) is 10.00 Å². The summed E-state index contributed by atoms with van der Waals surface area (Å²) in [6.07, 6.45) is 3.06. The first kappa shape index (κ1) is 19.7. The maximum absolute atomic E-state index is 12.2. The molecule has 0 aliphatic heterocycles. The van der Waals surface area contributed by atoms with E-state index in [2.05, 4.69) is 5.32 Å². The Bertz CT molecular complexity index is 850. The molecule has 6 heteroatoms. The molecule has 27 heavy (non-hydrogen) atoms. The van der Waals surface area contributed by atoms with Crippen LogP contribution in [0.5, 0.6) is 5.75 Å². The predicted octanol–water partition coefficient (Wildman–Crippen LogP) is 3.01. The summed E-state index contributed by atoms with van der Waals surface area (Å²) in [5.74, 6) is 0.0471. The van der Waals surface area contributed by atoms with Gasteiger partial charge in [0.1, 0.15) is 11.8 Å². The van der Waals surface area contributed by atoms with E-state index in [0.29, 0.717) is 11.4 Å². The normalized spacial score (nSPS) is 10.3. The van der Waals surface area contributed by atoms with Crippen molar-refractivity contribution in [2.45, 2.75) is 6.92 Å². The van der Waals surface area contributed by atoms with Gasteiger partial charge >= 0.3 is 0 Å². The Morgan fingerprint density at radius 1 is 1.15 bits per heavy atom. The van der Waals surface area contributed by atoms with Crippen LogP contribution in [0.1, 0.15) is 11.1 Å². The van der Waals surface area contributed by atoms with E-state index in [1.807, 2.05) is 37.3 Å². The topological polar surface area (TPSA) is 82.4 Å². The minimum atomic E-state index is -0.279. The predicted molar refractivity (Wildman–Crippen MR) is 104 cm³/mol. The van der Waals surface area contributed by atoms with Gasteiger partial charge in [-0.15, -0.1) is 0 Å². The van der Waals surface area contributed by atoms with Crippen molar-refractivity contribution in [3.05, 3.63) is 65.7 Å². The summed E-state index contributed by atoms with van der Waals surface area (Å²) in [6, 6.07) is 16.3. The fourth-order valence-corrected chi connectivity index (χ4v) is 2.22. The molecule has 2 aromatic carbocycles. The van der Waals surface area contributed by atoms with Gasteiger partial charge in [-0.05, 0) is 42.8 Å². The summed E-state index contributed by atoms with van der Waals surface area (Å²) < 4.78 is 5.17. The van der Waals surface area contributed by atoms with Gasteiger partial charge in [0, 0.05) is 18.8 Å². The zero-order valence-corrected chi connectivity index (χ0v) is 15.3. The van der Waals surface area contributed by atoms with Crippen LogP contribution in [0.3, 0.4) is 0 Å². The second kappa shape index (κ2) is 9.78. The van der Waals surface area contributed by atoms with Gasteiger partial charge in [-0.1, -0.05) is 29.8 Å². The second-order valence-corrected chi connectivity index (χ2v) is 5.96. The molecule has 0 aliphatic carbocycles. The summed E-state index contributed by atoms with van der Waals surface area (Å²) in [6.45, 7) is 1.92. The molecule has 0 atom stereocenters. The van der Waals surface area contributed by atoms with E-state index in [1.54, 1.807) is 37.4 Å². The zero-order valence-electron chi connectivity index (χ0n) is 15.3. The van der Waals surface area contributed by atoms with Crippen molar-refractivity contribution >= 4 is 23.6 Å². The van der Waals surface area contributed by atoms with E-state index < -0.39 is 0 Å². The lowest BCUT2D eigenvalue weighted by atomic mass is 10.2. The van der Waals surface area contributed by atoms with Crippen LogP contribution in [0, 0.1) is 18.3 Å². The largest absolute Gasteiger partial charge is 0.479 e. The van der Waals surface area contributed by atoms with Crippen molar-refractivity contribution < 1.29 is 14.3 Å². The number of aryl methyl sites for hydroxylation is 1. The second-order valence-electron chi connectivity index (χ2n) is 5.96. The number of likely N-dealkylation sites (N-methyl/N-ethyl adjacent to an activating group) is 1. The summed E-state index contributed by atoms with van der Waals surface area (Å²) in [4.78, 5) is 25.5. The quantitative estimate of drug-likeness (QED) is 0.767. The third kappa shape index (κ3) is 6.67. The summed E-state index contributed by atoms with van der Waals surface area (Å²) in [5, 5.41) is 11.2. The number of nitriles is 1. The molecule has 0 radical (unpaired) electrons. The Kier molecular flexibility index (Phi) is 7.15. The minimum Gasteiger partial charge on any atom is -0.479 e. The number of benzene rings is 2. The van der Waals surface area contributed by atoms with Gasteiger partial charge in [0.05, 0.1) is 6.54 Å². The van der Waals surface area contributed by atoms with Crippen LogP contribution in [0.4, 0.5) is 5.69 Å². The average molecular weight is 363 g/mol. The highest BCUT2D eigenvalue weighted by Crippen LogP contribution is 2.13. The molecule has 0 aromatic heterocycles. The number of amides is 2. The highest BCUT2D eigenvalue weighted by molar-refractivity contribution is 5.97. The van der Waals surface area contributed by atoms with Crippen LogP contribution >= 0.6 is 0 Å². The molecule has 0 unspecified atom stereocenters. The van der Waals surface area contributed by atoms with E-state index in [9.17, 15) is 9.59 Å². The highest BCUT2D eigenvalue weighted by atomic mass is 16.5. The minimum absolute atomic E-state index is 0.0108. The SMILES string of the molecule is Cc1ccc(NC(=O)CN(C)C(=O)/C=C/c2ccc(OCC#N)cc2)cc1. The van der Waals surface area contributed by atoms with Crippen LogP contribution in [0.25, 0.3) is 6.08 Å². The van der Waals surface area contributed by atoms with Crippen LogP contribution in [0.2, 0.25) is 0 Å². The van der Waals surface area contributed by atoms with E-state index in [0.717, 1.165) is 11.1 Å². The van der Waals surface area contributed by atoms with Crippen LogP contribution < -0.4 is 10.1 Å². The molecule has 0 bridgehead atoms. The first-order valence-electron chi connectivity index (χ1n) is 8.37. The highest BCUT2D eigenvalue weighted by Gasteiger charge is 2.10. The summed E-state index contributed by atoms with van der Waals surface area (Å²) in [7, 11) is 1.57. The van der Waals surface area contributed by atoms with E-state index in [1.165, 1.54) is 11.0 Å². The number of ether oxygens (including phenoxy) is 1. The first-order valence-corrected chi connectivity index (χ1v) is 8.37. The Hall–Kier alpha value is -3.59. The summed E-state index contributed by atoms with van der Waals surface area (Å²) in [5.41, 5.74) is 2.61. The molecule has 6 nitrogen and oxygen atoms in total. The molecular weight excluding hydrogens is 342 g/mol. The van der Waals surface area contributed by atoms with Gasteiger partial charge in [0.2, 0.25) is 11.8 Å². The van der Waals surface area contributed by atoms with Crippen molar-refractivity contribution in [2.75, 3.05) is 25.5 Å². The molecule has 2 aromatic rings. The molecule has 138 valence electrons. The van der Waals surface area contributed by atoms with Crippen LogP contribution in [0.15, 0.2) is 54.6 Å². The van der Waals surface area contributed by atoms with Crippen LogP contribution in [-0.4, -0.2) is 36.9 Å². The van der Waals surface area contributed by atoms with Gasteiger partial charge in [-0.3, -0.25) is 9.59 Å². The molecule has 2 rings (SSSR count). The number of nitrogens with zero attached hydrogens (tertiary/aromatic N) is 2. The molecule has 1 N–H and O–H groups in total. The average Bonchev–Trinajstić information content (AvgIpc) is 2.67. The maximum Gasteiger partial charge on any atom is 0.246 e. The Morgan fingerprint density at radius 3 is 2.44 bits per heavy atom. The number of nitrogens with one attached hydrogen (secondary N) is 1. The van der Waals surface area contributed by atoms with Crippen molar-refractivity contribution in [1.29, 1.82) is 5.26 Å². The number of rotatable bonds is 7. The smallest absolute Gasteiger partial charge is 0.246 e. The zero-order chi connectivity index (χ0) is 19.6. The molecule has 2 amide bonds. The molecule has 0 aliphatic rings. The van der Waals surface area contributed by atoms with Crippen molar-refractivity contribution in [3.8, 4) is 11.8 Å². The maximum atomic E-state index is 12.2. The van der Waals surface area contributed by atoms with Gasteiger partial charge in [0.25, 0.3) is 0 Å². The molecule has 0 fully saturated rings. The molecular formula is C21H21N3O3. The lowest BCUT2D eigenvalue weighted by Gasteiger charge is -2.15. The number of hydrogen-bond acceptors (Lipinski definition) is 4. The van der Waals surface area contributed by atoms with Gasteiger partial charge in [-0.2, -0.15) is 5.26 Å². The lowest BCUT2D eigenvalue weighted by Crippen LogP contribution is -2.33. The fourth-order valence-electron chi connectivity index (χ4n) is 2.22. The summed E-state index contributed by atoms with van der Waals surface area (Å²) >= 11 is 0. The monoisotopic (exact) mass is 363 g/mol. The van der Waals surface area contributed by atoms with Crippen molar-refractivity contribution in [1.82, 2.24) is 4.90 Å². The molecule has 0 saturated carbocycles. The van der Waals surface area contributed by atoms with Crippen LogP contribution in [-0.2, 0) is 9.59 Å². The fraction of sp³-hybridized carbons (Fsp3) is 0.190. The van der Waals surface area contributed by atoms with Gasteiger partial charge in [0.15, 0.2) is 6.61 Å². The third-order valence-corrected chi connectivity index (χ3v) is 3.69. The number of hydrogen-bond donors (Lipinski definition) is 1. The van der Waals surface area contributed by atoms with Gasteiger partial charge < -0.3 is 15.0 Å². The van der Waals surface area contributed by atoms with Gasteiger partial charge in [-0.25, -0.2) is 0 Å². The first-order chi connectivity index (χ1) is 13.0.